The molecule has 30 heavy (non-hydrogen) atoms. The Morgan fingerprint density at radius 2 is 2.00 bits per heavy atom. The molecular weight excluding hydrogens is 408 g/mol. The van der Waals surface area contributed by atoms with Gasteiger partial charge in [0.25, 0.3) is 5.91 Å². The molecule has 1 N–H and O–H groups in total. The van der Waals surface area contributed by atoms with Crippen molar-refractivity contribution in [1.29, 1.82) is 0 Å². The quantitative estimate of drug-likeness (QED) is 0.611. The van der Waals surface area contributed by atoms with Crippen LogP contribution in [0.15, 0.2) is 48.7 Å². The lowest BCUT2D eigenvalue weighted by Crippen LogP contribution is -2.37. The van der Waals surface area contributed by atoms with Crippen LogP contribution in [-0.4, -0.2) is 15.7 Å². The van der Waals surface area contributed by atoms with E-state index in [1.165, 1.54) is 6.07 Å². The molecule has 0 fully saturated rings. The van der Waals surface area contributed by atoms with Crippen LogP contribution in [0.5, 0.6) is 0 Å². The lowest BCUT2D eigenvalue weighted by atomic mass is 9.74. The highest BCUT2D eigenvalue weighted by Crippen LogP contribution is 2.41. The number of nitrogens with one attached hydrogen (secondary N) is 1. The van der Waals surface area contributed by atoms with Crippen LogP contribution >= 0.6 is 11.6 Å². The van der Waals surface area contributed by atoms with Gasteiger partial charge in [0.05, 0.1) is 18.8 Å². The van der Waals surface area contributed by atoms with Gasteiger partial charge in [-0.1, -0.05) is 43.6 Å². The van der Waals surface area contributed by atoms with Gasteiger partial charge in [-0.2, -0.15) is 5.10 Å². The minimum atomic E-state index is -1.04. The maximum absolute atomic E-state index is 13.5. The fraction of sp³-hybridized carbons (Fsp3) is 0.304. The van der Waals surface area contributed by atoms with Crippen LogP contribution in [0.3, 0.4) is 0 Å². The topological polar surface area (TPSA) is 46.9 Å². The van der Waals surface area contributed by atoms with Gasteiger partial charge in [0.1, 0.15) is 0 Å². The van der Waals surface area contributed by atoms with Crippen molar-refractivity contribution in [1.82, 2.24) is 15.1 Å². The summed E-state index contributed by atoms with van der Waals surface area (Å²) in [6, 6.07) is 10.5. The normalized spacial score (nSPS) is 17.4. The number of hydrogen-bond donors (Lipinski definition) is 1. The highest BCUT2D eigenvalue weighted by Gasteiger charge is 2.36. The molecule has 0 saturated heterocycles. The SMILES string of the molecule is CC1(C)Cc2c(cnn2Cc2ccccc2Cl)[C@@H](NC(=O)c2ccc(F)c(F)c2)C1. The van der Waals surface area contributed by atoms with E-state index in [9.17, 15) is 13.6 Å². The lowest BCUT2D eigenvalue weighted by molar-refractivity contribution is 0.0918. The predicted molar refractivity (Wildman–Crippen MR) is 111 cm³/mol. The molecule has 4 rings (SSSR count). The number of hydrogen-bond acceptors (Lipinski definition) is 2. The van der Waals surface area contributed by atoms with E-state index in [1.54, 1.807) is 6.20 Å². The van der Waals surface area contributed by atoms with Crippen LogP contribution in [0.2, 0.25) is 5.02 Å². The predicted octanol–water partition coefficient (Wildman–Crippen LogP) is 5.31. The van der Waals surface area contributed by atoms with Gasteiger partial charge in [-0.05, 0) is 48.1 Å². The Morgan fingerprint density at radius 1 is 1.23 bits per heavy atom. The molecule has 0 bridgehead atoms. The molecule has 0 spiro atoms. The molecule has 1 heterocycles. The maximum Gasteiger partial charge on any atom is 0.251 e. The highest BCUT2D eigenvalue weighted by molar-refractivity contribution is 6.31. The smallest absolute Gasteiger partial charge is 0.251 e. The van der Waals surface area contributed by atoms with Crippen LogP contribution in [0.1, 0.15) is 53.5 Å². The standard InChI is InChI=1S/C23H22ClF2N3O/c1-23(2)10-20(28-22(30)14-7-8-18(25)19(26)9-14)16-12-27-29(21(16)11-23)13-15-5-3-4-6-17(15)24/h3-9,12,20H,10-11,13H2,1-2H3,(H,28,30)/t20-/m0/s1. The lowest BCUT2D eigenvalue weighted by Gasteiger charge is -2.36. The number of aromatic nitrogens is 2. The molecule has 3 aromatic rings. The zero-order chi connectivity index (χ0) is 21.5. The van der Waals surface area contributed by atoms with E-state index in [1.807, 2.05) is 28.9 Å². The maximum atomic E-state index is 13.5. The average Bonchev–Trinajstić information content (AvgIpc) is 3.07. The zero-order valence-corrected chi connectivity index (χ0v) is 17.5. The zero-order valence-electron chi connectivity index (χ0n) is 16.8. The first-order valence-electron chi connectivity index (χ1n) is 9.77. The van der Waals surface area contributed by atoms with Gasteiger partial charge < -0.3 is 5.32 Å². The Morgan fingerprint density at radius 3 is 2.73 bits per heavy atom. The number of amides is 1. The molecule has 156 valence electrons. The number of halogens is 3. The van der Waals surface area contributed by atoms with E-state index < -0.39 is 17.5 Å². The molecular formula is C23H22ClF2N3O. The minimum Gasteiger partial charge on any atom is -0.345 e. The summed E-state index contributed by atoms with van der Waals surface area (Å²) in [5, 5.41) is 8.21. The second kappa shape index (κ2) is 7.84. The van der Waals surface area contributed by atoms with Gasteiger partial charge in [0.2, 0.25) is 0 Å². The average molecular weight is 430 g/mol. The molecule has 0 aliphatic heterocycles. The Balaban J connectivity index is 1.62. The summed E-state index contributed by atoms with van der Waals surface area (Å²) < 4.78 is 28.7. The highest BCUT2D eigenvalue weighted by atomic mass is 35.5. The summed E-state index contributed by atoms with van der Waals surface area (Å²) in [6.45, 7) is 4.81. The molecule has 1 aliphatic rings. The van der Waals surface area contributed by atoms with E-state index in [4.69, 9.17) is 11.6 Å². The molecule has 7 heteroatoms. The summed E-state index contributed by atoms with van der Waals surface area (Å²) in [6.07, 6.45) is 3.30. The molecule has 0 radical (unpaired) electrons. The number of nitrogens with zero attached hydrogens (tertiary/aromatic N) is 2. The van der Waals surface area contributed by atoms with Gasteiger partial charge in [0.15, 0.2) is 11.6 Å². The molecule has 0 unspecified atom stereocenters. The second-order valence-electron chi connectivity index (χ2n) is 8.50. The largest absolute Gasteiger partial charge is 0.345 e. The van der Waals surface area contributed by atoms with E-state index >= 15 is 0 Å². The number of fused-ring (bicyclic) bond motifs is 1. The number of carbonyl (C=O) groups excluding carboxylic acids is 1. The van der Waals surface area contributed by atoms with Crippen molar-refractivity contribution < 1.29 is 13.6 Å². The third kappa shape index (κ3) is 4.10. The number of rotatable bonds is 4. The molecule has 1 atom stereocenters. The second-order valence-corrected chi connectivity index (χ2v) is 8.90. The van der Waals surface area contributed by atoms with E-state index in [-0.39, 0.29) is 17.0 Å². The van der Waals surface area contributed by atoms with Crippen molar-refractivity contribution in [3.8, 4) is 0 Å². The van der Waals surface area contributed by atoms with Crippen LogP contribution in [-0.2, 0) is 13.0 Å². The Kier molecular flexibility index (Phi) is 5.36. The van der Waals surface area contributed by atoms with E-state index in [0.29, 0.717) is 18.0 Å². The van der Waals surface area contributed by atoms with Crippen molar-refractivity contribution >= 4 is 17.5 Å². The third-order valence-electron chi connectivity index (χ3n) is 5.52. The van der Waals surface area contributed by atoms with E-state index in [0.717, 1.165) is 35.4 Å². The molecule has 1 aromatic heterocycles. The minimum absolute atomic E-state index is 0.0722. The van der Waals surface area contributed by atoms with Crippen LogP contribution in [0.25, 0.3) is 0 Å². The van der Waals surface area contributed by atoms with Gasteiger partial charge >= 0.3 is 0 Å². The fourth-order valence-corrected chi connectivity index (χ4v) is 4.22. The molecule has 4 nitrogen and oxygen atoms in total. The summed E-state index contributed by atoms with van der Waals surface area (Å²) in [4.78, 5) is 12.7. The number of carbonyl (C=O) groups is 1. The monoisotopic (exact) mass is 429 g/mol. The van der Waals surface area contributed by atoms with Crippen LogP contribution < -0.4 is 5.32 Å². The Bertz CT molecular complexity index is 1110. The van der Waals surface area contributed by atoms with Crippen molar-refractivity contribution in [3.63, 3.8) is 0 Å². The first kappa shape index (κ1) is 20.5. The third-order valence-corrected chi connectivity index (χ3v) is 5.89. The number of benzene rings is 2. The van der Waals surface area contributed by atoms with E-state index in [2.05, 4.69) is 24.3 Å². The van der Waals surface area contributed by atoms with Crippen LogP contribution in [0.4, 0.5) is 8.78 Å². The van der Waals surface area contributed by atoms with Gasteiger partial charge in [-0.25, -0.2) is 8.78 Å². The molecule has 0 saturated carbocycles. The van der Waals surface area contributed by atoms with Crippen molar-refractivity contribution in [2.45, 2.75) is 39.3 Å². The molecule has 2 aromatic carbocycles. The van der Waals surface area contributed by atoms with Crippen molar-refractivity contribution in [3.05, 3.63) is 87.7 Å². The van der Waals surface area contributed by atoms with Gasteiger partial charge in [-0.15, -0.1) is 0 Å². The summed E-state index contributed by atoms with van der Waals surface area (Å²) in [5.41, 5.74) is 2.97. The van der Waals surface area contributed by atoms with Crippen molar-refractivity contribution in [2.75, 3.05) is 0 Å². The Hall–Kier alpha value is -2.73. The van der Waals surface area contributed by atoms with Gasteiger partial charge in [0, 0.05) is 21.8 Å². The molecule has 1 amide bonds. The summed E-state index contributed by atoms with van der Waals surface area (Å²) in [7, 11) is 0. The Labute approximate surface area is 178 Å². The van der Waals surface area contributed by atoms with Crippen LogP contribution in [0, 0.1) is 17.0 Å². The fourth-order valence-electron chi connectivity index (χ4n) is 4.03. The summed E-state index contributed by atoms with van der Waals surface area (Å²) >= 11 is 6.31. The summed E-state index contributed by atoms with van der Waals surface area (Å²) in [5.74, 6) is -2.46. The first-order chi connectivity index (χ1) is 14.2. The van der Waals surface area contributed by atoms with Gasteiger partial charge in [-0.3, -0.25) is 9.48 Å². The molecule has 1 aliphatic carbocycles. The first-order valence-corrected chi connectivity index (χ1v) is 10.2. The van der Waals surface area contributed by atoms with Crippen molar-refractivity contribution in [2.24, 2.45) is 5.41 Å².